The molecule has 2 heteroatoms. The summed E-state index contributed by atoms with van der Waals surface area (Å²) in [5, 5.41) is 0. The van der Waals surface area contributed by atoms with Crippen LogP contribution in [-0.2, 0) is 9.53 Å². The number of allylic oxidation sites excluding steroid dienone is 2. The second-order valence-corrected chi connectivity index (χ2v) is 5.19. The van der Waals surface area contributed by atoms with Crippen molar-refractivity contribution in [3.63, 3.8) is 0 Å². The maximum absolute atomic E-state index is 11.9. The van der Waals surface area contributed by atoms with Crippen LogP contribution in [-0.4, -0.2) is 11.6 Å². The molecule has 0 radical (unpaired) electrons. The van der Waals surface area contributed by atoms with Gasteiger partial charge in [-0.25, -0.2) is 0 Å². The molecular formula is C13H18O2. The molecule has 0 aromatic heterocycles. The van der Waals surface area contributed by atoms with Gasteiger partial charge in [0.1, 0.15) is 5.60 Å². The summed E-state index contributed by atoms with van der Waals surface area (Å²) in [7, 11) is 0. The monoisotopic (exact) mass is 206 g/mol. The van der Waals surface area contributed by atoms with Crippen LogP contribution in [0.2, 0.25) is 0 Å². The molecule has 3 rings (SSSR count). The van der Waals surface area contributed by atoms with Gasteiger partial charge in [0.2, 0.25) is 0 Å². The average Bonchev–Trinajstić information content (AvgIpc) is 2.90. The van der Waals surface area contributed by atoms with Crippen LogP contribution in [0.5, 0.6) is 0 Å². The molecule has 15 heavy (non-hydrogen) atoms. The highest BCUT2D eigenvalue weighted by atomic mass is 16.6. The third-order valence-corrected chi connectivity index (χ3v) is 4.84. The zero-order valence-electron chi connectivity index (χ0n) is 9.40. The summed E-state index contributed by atoms with van der Waals surface area (Å²) in [5.41, 5.74) is -0.147. The highest BCUT2D eigenvalue weighted by Gasteiger charge is 2.63. The van der Waals surface area contributed by atoms with Crippen molar-refractivity contribution in [3.8, 4) is 0 Å². The molecule has 0 N–H and O–H groups in total. The minimum Gasteiger partial charge on any atom is -0.459 e. The van der Waals surface area contributed by atoms with E-state index in [4.69, 9.17) is 4.74 Å². The Hall–Kier alpha value is -0.790. The molecule has 2 bridgehead atoms. The van der Waals surface area contributed by atoms with Crippen LogP contribution in [0.1, 0.15) is 33.1 Å². The largest absolute Gasteiger partial charge is 0.459 e. The molecule has 2 fully saturated rings. The van der Waals surface area contributed by atoms with Crippen molar-refractivity contribution in [3.05, 3.63) is 12.2 Å². The predicted molar refractivity (Wildman–Crippen MR) is 57.1 cm³/mol. The number of carbonyl (C=O) groups excluding carboxylic acids is 1. The van der Waals surface area contributed by atoms with Gasteiger partial charge in [-0.2, -0.15) is 0 Å². The first-order valence-corrected chi connectivity index (χ1v) is 6.13. The first-order chi connectivity index (χ1) is 7.22. The Kier molecular flexibility index (Phi) is 1.80. The van der Waals surface area contributed by atoms with Crippen molar-refractivity contribution in [2.24, 2.45) is 23.7 Å². The van der Waals surface area contributed by atoms with Crippen molar-refractivity contribution in [2.75, 3.05) is 0 Å². The lowest BCUT2D eigenvalue weighted by Crippen LogP contribution is -2.38. The summed E-state index contributed by atoms with van der Waals surface area (Å²) < 4.78 is 5.72. The molecule has 0 unspecified atom stereocenters. The highest BCUT2D eigenvalue weighted by Crippen LogP contribution is 2.59. The molecule has 2 nitrogen and oxygen atoms in total. The summed E-state index contributed by atoms with van der Waals surface area (Å²) in [4.78, 5) is 11.9. The van der Waals surface area contributed by atoms with Crippen LogP contribution in [0.15, 0.2) is 12.2 Å². The van der Waals surface area contributed by atoms with Crippen LogP contribution < -0.4 is 0 Å². The number of rotatable bonds is 2. The Morgan fingerprint density at radius 1 is 1.33 bits per heavy atom. The highest BCUT2D eigenvalue weighted by molar-refractivity contribution is 5.78. The number of cyclic esters (lactones) is 1. The first kappa shape index (κ1) is 9.44. The molecule has 4 atom stereocenters. The Morgan fingerprint density at radius 3 is 2.67 bits per heavy atom. The van der Waals surface area contributed by atoms with Gasteiger partial charge in [-0.15, -0.1) is 0 Å². The fourth-order valence-electron chi connectivity index (χ4n) is 4.06. The van der Waals surface area contributed by atoms with Gasteiger partial charge < -0.3 is 4.74 Å². The molecule has 0 aromatic carbocycles. The van der Waals surface area contributed by atoms with Gasteiger partial charge in [0.15, 0.2) is 0 Å². The van der Waals surface area contributed by atoms with E-state index in [0.29, 0.717) is 17.8 Å². The minimum absolute atomic E-state index is 0.0700. The van der Waals surface area contributed by atoms with E-state index in [2.05, 4.69) is 26.0 Å². The van der Waals surface area contributed by atoms with Crippen molar-refractivity contribution in [2.45, 2.75) is 38.7 Å². The SMILES string of the molecule is CCC1(CC)OC(=O)[C@@H]2[C@H]1[C@@H]1C=C[C@H]2C1. The summed E-state index contributed by atoms with van der Waals surface area (Å²) in [6, 6.07) is 0. The third-order valence-electron chi connectivity index (χ3n) is 4.84. The standard InChI is InChI=1S/C13H18O2/c1-3-13(4-2)11-9-6-5-8(7-9)10(11)12(14)15-13/h5-6,8-11H,3-4,7H2,1-2H3/t8-,9+,10-,11+/m0/s1. The Labute approximate surface area is 90.7 Å². The number of hydrogen-bond donors (Lipinski definition) is 0. The van der Waals surface area contributed by atoms with Gasteiger partial charge in [-0.3, -0.25) is 4.79 Å². The van der Waals surface area contributed by atoms with Gasteiger partial charge in [0.05, 0.1) is 5.92 Å². The molecule has 1 heterocycles. The van der Waals surface area contributed by atoms with E-state index in [1.165, 1.54) is 6.42 Å². The van der Waals surface area contributed by atoms with E-state index in [-0.39, 0.29) is 17.5 Å². The van der Waals surface area contributed by atoms with E-state index in [0.717, 1.165) is 12.8 Å². The Bertz CT molecular complexity index is 327. The second-order valence-electron chi connectivity index (χ2n) is 5.19. The molecule has 1 saturated carbocycles. The fraction of sp³-hybridized carbons (Fsp3) is 0.769. The summed E-state index contributed by atoms with van der Waals surface area (Å²) in [5.74, 6) is 1.80. The van der Waals surface area contributed by atoms with Crippen molar-refractivity contribution >= 4 is 5.97 Å². The Balaban J connectivity index is 2.02. The zero-order valence-corrected chi connectivity index (χ0v) is 9.40. The molecule has 0 spiro atoms. The lowest BCUT2D eigenvalue weighted by atomic mass is 9.72. The van der Waals surface area contributed by atoms with Crippen molar-refractivity contribution in [1.29, 1.82) is 0 Å². The number of esters is 1. The maximum Gasteiger partial charge on any atom is 0.310 e. The van der Waals surface area contributed by atoms with Crippen molar-refractivity contribution < 1.29 is 9.53 Å². The number of fused-ring (bicyclic) bond motifs is 5. The quantitative estimate of drug-likeness (QED) is 0.512. The van der Waals surface area contributed by atoms with Crippen LogP contribution in [0.25, 0.3) is 0 Å². The molecule has 0 amide bonds. The molecular weight excluding hydrogens is 188 g/mol. The van der Waals surface area contributed by atoms with E-state index < -0.39 is 0 Å². The van der Waals surface area contributed by atoms with Gasteiger partial charge in [-0.05, 0) is 31.1 Å². The third kappa shape index (κ3) is 0.977. The molecule has 82 valence electrons. The van der Waals surface area contributed by atoms with Crippen LogP contribution in [0.3, 0.4) is 0 Å². The van der Waals surface area contributed by atoms with Gasteiger partial charge in [0, 0.05) is 5.92 Å². The molecule has 1 aliphatic heterocycles. The average molecular weight is 206 g/mol. The van der Waals surface area contributed by atoms with Gasteiger partial charge in [0.25, 0.3) is 0 Å². The topological polar surface area (TPSA) is 26.3 Å². The smallest absolute Gasteiger partial charge is 0.310 e. The summed E-state index contributed by atoms with van der Waals surface area (Å²) in [6.07, 6.45) is 7.66. The van der Waals surface area contributed by atoms with Crippen LogP contribution >= 0.6 is 0 Å². The minimum atomic E-state index is -0.147. The predicted octanol–water partition coefficient (Wildman–Crippen LogP) is 2.54. The fourth-order valence-corrected chi connectivity index (χ4v) is 4.06. The van der Waals surface area contributed by atoms with Crippen LogP contribution in [0, 0.1) is 23.7 Å². The van der Waals surface area contributed by atoms with E-state index >= 15 is 0 Å². The molecule has 1 saturated heterocycles. The van der Waals surface area contributed by atoms with E-state index in [1.807, 2.05) is 0 Å². The van der Waals surface area contributed by atoms with Crippen LogP contribution in [0.4, 0.5) is 0 Å². The molecule has 0 aromatic rings. The lowest BCUT2D eigenvalue weighted by molar-refractivity contribution is -0.153. The summed E-state index contributed by atoms with van der Waals surface area (Å²) >= 11 is 0. The Morgan fingerprint density at radius 2 is 2.00 bits per heavy atom. The maximum atomic E-state index is 11.9. The second kappa shape index (κ2) is 2.87. The summed E-state index contributed by atoms with van der Waals surface area (Å²) in [6.45, 7) is 4.30. The lowest BCUT2D eigenvalue weighted by Gasteiger charge is -2.34. The van der Waals surface area contributed by atoms with Gasteiger partial charge in [-0.1, -0.05) is 26.0 Å². The number of hydrogen-bond acceptors (Lipinski definition) is 2. The first-order valence-electron chi connectivity index (χ1n) is 6.13. The van der Waals surface area contributed by atoms with E-state index in [9.17, 15) is 4.79 Å². The number of carbonyl (C=O) groups is 1. The normalized spacial score (nSPS) is 44.5. The van der Waals surface area contributed by atoms with E-state index in [1.54, 1.807) is 0 Å². The molecule has 2 aliphatic carbocycles. The van der Waals surface area contributed by atoms with Gasteiger partial charge >= 0.3 is 5.97 Å². The molecule has 3 aliphatic rings. The zero-order chi connectivity index (χ0) is 10.6. The number of ether oxygens (including phenoxy) is 1. The van der Waals surface area contributed by atoms with Crippen molar-refractivity contribution in [1.82, 2.24) is 0 Å².